The van der Waals surface area contributed by atoms with Gasteiger partial charge in [0.1, 0.15) is 0 Å². The van der Waals surface area contributed by atoms with Gasteiger partial charge in [-0.3, -0.25) is 9.69 Å². The summed E-state index contributed by atoms with van der Waals surface area (Å²) >= 11 is 0. The third kappa shape index (κ3) is 1.73. The van der Waals surface area contributed by atoms with Gasteiger partial charge in [0.2, 0.25) is 5.91 Å². The molecule has 4 aliphatic carbocycles. The van der Waals surface area contributed by atoms with Crippen LogP contribution in [-0.4, -0.2) is 27.9 Å². The van der Waals surface area contributed by atoms with Crippen molar-refractivity contribution >= 4 is 11.9 Å². The Bertz CT molecular complexity index is 428. The zero-order chi connectivity index (χ0) is 14.1. The van der Waals surface area contributed by atoms with Crippen LogP contribution < -0.4 is 5.32 Å². The summed E-state index contributed by atoms with van der Waals surface area (Å²) in [5.41, 5.74) is -0.542. The number of urea groups is 1. The summed E-state index contributed by atoms with van der Waals surface area (Å²) in [6.07, 6.45) is 7.58. The summed E-state index contributed by atoms with van der Waals surface area (Å²) in [6, 6.07) is -0.145. The second-order valence-electron chi connectivity index (χ2n) is 8.36. The summed E-state index contributed by atoms with van der Waals surface area (Å²) in [4.78, 5) is 26.8. The van der Waals surface area contributed by atoms with Crippen molar-refractivity contribution in [2.75, 3.05) is 0 Å². The highest BCUT2D eigenvalue weighted by atomic mass is 16.2. The fraction of sp³-hybridized carbons (Fsp3) is 0.875. The maximum atomic E-state index is 12.6. The van der Waals surface area contributed by atoms with Crippen molar-refractivity contribution in [1.29, 1.82) is 0 Å². The lowest BCUT2D eigenvalue weighted by Gasteiger charge is -2.60. The molecular formula is C16H24N2O2. The fourth-order valence-corrected chi connectivity index (χ4v) is 5.78. The van der Waals surface area contributed by atoms with Gasteiger partial charge in [0, 0.05) is 12.0 Å². The predicted molar refractivity (Wildman–Crippen MR) is 75.0 cm³/mol. The van der Waals surface area contributed by atoms with Gasteiger partial charge >= 0.3 is 6.03 Å². The van der Waals surface area contributed by atoms with Crippen molar-refractivity contribution in [3.05, 3.63) is 0 Å². The van der Waals surface area contributed by atoms with Crippen LogP contribution in [0.3, 0.4) is 0 Å². The molecule has 4 heteroatoms. The SMILES string of the molecule is CC1(C)CC(=O)N(C23CC4CC(CC(C4)C2)C3)C(=O)N1. The lowest BCUT2D eigenvalue weighted by molar-refractivity contribution is -0.147. The molecule has 1 heterocycles. The first-order valence-electron chi connectivity index (χ1n) is 8.02. The normalized spacial score (nSPS) is 45.7. The molecule has 0 unspecified atom stereocenters. The van der Waals surface area contributed by atoms with Crippen LogP contribution >= 0.6 is 0 Å². The topological polar surface area (TPSA) is 49.4 Å². The van der Waals surface area contributed by atoms with Crippen molar-refractivity contribution in [1.82, 2.24) is 10.2 Å². The molecule has 0 aromatic carbocycles. The van der Waals surface area contributed by atoms with E-state index in [4.69, 9.17) is 0 Å². The van der Waals surface area contributed by atoms with Gasteiger partial charge in [-0.2, -0.15) is 0 Å². The van der Waals surface area contributed by atoms with Crippen molar-refractivity contribution in [3.63, 3.8) is 0 Å². The Morgan fingerprint density at radius 1 is 1.00 bits per heavy atom. The monoisotopic (exact) mass is 276 g/mol. The Labute approximate surface area is 120 Å². The maximum absolute atomic E-state index is 12.6. The summed E-state index contributed by atoms with van der Waals surface area (Å²) < 4.78 is 0. The number of carbonyl (C=O) groups excluding carboxylic acids is 2. The van der Waals surface area contributed by atoms with Gasteiger partial charge in [-0.1, -0.05) is 0 Å². The smallest absolute Gasteiger partial charge is 0.325 e. The van der Waals surface area contributed by atoms with E-state index in [1.807, 2.05) is 13.8 Å². The van der Waals surface area contributed by atoms with E-state index in [2.05, 4.69) is 5.32 Å². The molecule has 3 amide bonds. The number of hydrogen-bond acceptors (Lipinski definition) is 2. The van der Waals surface area contributed by atoms with Gasteiger partial charge < -0.3 is 5.32 Å². The lowest BCUT2D eigenvalue weighted by atomic mass is 9.52. The number of carbonyl (C=O) groups is 2. The maximum Gasteiger partial charge on any atom is 0.325 e. The Morgan fingerprint density at radius 2 is 1.50 bits per heavy atom. The van der Waals surface area contributed by atoms with E-state index in [0.29, 0.717) is 6.42 Å². The minimum atomic E-state index is -0.396. The van der Waals surface area contributed by atoms with E-state index >= 15 is 0 Å². The summed E-state index contributed by atoms with van der Waals surface area (Å²) in [5, 5.41) is 3.03. The van der Waals surface area contributed by atoms with E-state index < -0.39 is 5.54 Å². The van der Waals surface area contributed by atoms with Gasteiger partial charge in [0.25, 0.3) is 0 Å². The highest BCUT2D eigenvalue weighted by Crippen LogP contribution is 2.58. The Balaban J connectivity index is 1.67. The second-order valence-corrected chi connectivity index (χ2v) is 8.36. The van der Waals surface area contributed by atoms with Crippen LogP contribution in [0.15, 0.2) is 0 Å². The van der Waals surface area contributed by atoms with Crippen LogP contribution in [0.2, 0.25) is 0 Å². The van der Waals surface area contributed by atoms with E-state index in [-0.39, 0.29) is 17.5 Å². The Hall–Kier alpha value is -1.06. The first kappa shape index (κ1) is 12.7. The Morgan fingerprint density at radius 3 is 1.95 bits per heavy atom. The number of nitrogens with zero attached hydrogens (tertiary/aromatic N) is 1. The molecule has 0 aromatic heterocycles. The molecule has 0 atom stereocenters. The largest absolute Gasteiger partial charge is 0.332 e. The average Bonchev–Trinajstić information content (AvgIpc) is 2.22. The average molecular weight is 276 g/mol. The van der Waals surface area contributed by atoms with E-state index in [0.717, 1.165) is 37.0 Å². The van der Waals surface area contributed by atoms with E-state index in [9.17, 15) is 9.59 Å². The zero-order valence-electron chi connectivity index (χ0n) is 12.4. The molecule has 0 radical (unpaired) electrons. The zero-order valence-corrected chi connectivity index (χ0v) is 12.4. The van der Waals surface area contributed by atoms with Crippen molar-refractivity contribution in [3.8, 4) is 0 Å². The lowest BCUT2D eigenvalue weighted by Crippen LogP contribution is -2.70. The van der Waals surface area contributed by atoms with E-state index in [1.165, 1.54) is 19.3 Å². The van der Waals surface area contributed by atoms with Gasteiger partial charge in [-0.15, -0.1) is 0 Å². The van der Waals surface area contributed by atoms with Gasteiger partial charge in [0.05, 0.1) is 5.54 Å². The molecule has 1 N–H and O–H groups in total. The molecule has 5 rings (SSSR count). The number of hydrogen-bond donors (Lipinski definition) is 1. The molecule has 4 bridgehead atoms. The van der Waals surface area contributed by atoms with Gasteiger partial charge in [0.15, 0.2) is 0 Å². The van der Waals surface area contributed by atoms with Crippen LogP contribution in [0.1, 0.15) is 58.8 Å². The fourth-order valence-electron chi connectivity index (χ4n) is 5.78. The van der Waals surface area contributed by atoms with Crippen molar-refractivity contribution in [2.24, 2.45) is 17.8 Å². The molecule has 1 aliphatic heterocycles. The molecule has 0 aromatic rings. The van der Waals surface area contributed by atoms with Crippen LogP contribution in [0.4, 0.5) is 4.79 Å². The predicted octanol–water partition coefficient (Wildman–Crippen LogP) is 2.68. The molecule has 1 saturated heterocycles. The molecule has 5 aliphatic rings. The van der Waals surface area contributed by atoms with Crippen LogP contribution in [-0.2, 0) is 4.79 Å². The number of nitrogens with one attached hydrogen (secondary N) is 1. The molecule has 4 nitrogen and oxygen atoms in total. The van der Waals surface area contributed by atoms with Crippen molar-refractivity contribution < 1.29 is 9.59 Å². The third-order valence-electron chi connectivity index (χ3n) is 5.97. The van der Waals surface area contributed by atoms with Gasteiger partial charge in [-0.25, -0.2) is 4.79 Å². The molecular weight excluding hydrogens is 252 g/mol. The standard InChI is InChI=1S/C16H24N2O2/c1-15(2)9-13(19)18(14(20)17-15)16-6-10-3-11(7-16)5-12(4-10)8-16/h10-12H,3-9H2,1-2H3,(H,17,20). The molecule has 20 heavy (non-hydrogen) atoms. The molecule has 4 saturated carbocycles. The van der Waals surface area contributed by atoms with Crippen molar-refractivity contribution in [2.45, 2.75) is 69.9 Å². The third-order valence-corrected chi connectivity index (χ3v) is 5.97. The van der Waals surface area contributed by atoms with Crippen LogP contribution in [0, 0.1) is 17.8 Å². The second kappa shape index (κ2) is 3.77. The highest BCUT2D eigenvalue weighted by molar-refractivity contribution is 5.99. The molecule has 5 fully saturated rings. The number of rotatable bonds is 1. The summed E-state index contributed by atoms with van der Waals surface area (Å²) in [6.45, 7) is 3.86. The summed E-state index contributed by atoms with van der Waals surface area (Å²) in [5.74, 6) is 2.28. The minimum absolute atomic E-state index is 0.0423. The van der Waals surface area contributed by atoms with Crippen LogP contribution in [0.25, 0.3) is 0 Å². The van der Waals surface area contributed by atoms with Crippen LogP contribution in [0.5, 0.6) is 0 Å². The minimum Gasteiger partial charge on any atom is -0.332 e. The summed E-state index contributed by atoms with van der Waals surface area (Å²) in [7, 11) is 0. The number of imide groups is 1. The van der Waals surface area contributed by atoms with E-state index in [1.54, 1.807) is 4.90 Å². The molecule has 0 spiro atoms. The highest BCUT2D eigenvalue weighted by Gasteiger charge is 2.57. The first-order chi connectivity index (χ1) is 9.37. The van der Waals surface area contributed by atoms with Gasteiger partial charge in [-0.05, 0) is 70.1 Å². The quantitative estimate of drug-likeness (QED) is 0.800. The first-order valence-corrected chi connectivity index (χ1v) is 8.02. The molecule has 110 valence electrons. The Kier molecular flexibility index (Phi) is 2.39. The number of amides is 3.